The van der Waals surface area contributed by atoms with E-state index < -0.39 is 15.8 Å². The molecule has 2 aromatic carbocycles. The molecule has 2 aromatic rings. The molecule has 0 bridgehead atoms. The molecule has 27 heavy (non-hydrogen) atoms. The van der Waals surface area contributed by atoms with Gasteiger partial charge in [0.1, 0.15) is 11.6 Å². The molecule has 1 saturated heterocycles. The first-order valence-electron chi connectivity index (χ1n) is 8.25. The van der Waals surface area contributed by atoms with Crippen LogP contribution in [0.3, 0.4) is 0 Å². The van der Waals surface area contributed by atoms with Crippen LogP contribution in [0.4, 0.5) is 10.1 Å². The fraction of sp³-hybridized carbons (Fsp3) is 0.278. The molecule has 1 aliphatic rings. The van der Waals surface area contributed by atoms with E-state index in [2.05, 4.69) is 4.72 Å². The highest BCUT2D eigenvalue weighted by Crippen LogP contribution is 2.26. The minimum atomic E-state index is -4.09. The van der Waals surface area contributed by atoms with Crippen molar-refractivity contribution in [2.24, 2.45) is 0 Å². The third-order valence-corrected chi connectivity index (χ3v) is 5.49. The molecule has 0 unspecified atom stereocenters. The van der Waals surface area contributed by atoms with Gasteiger partial charge in [-0.05, 0) is 30.3 Å². The normalized spacial score (nSPS) is 14.7. The lowest BCUT2D eigenvalue weighted by Gasteiger charge is -2.27. The molecule has 3 rings (SSSR count). The Kier molecular flexibility index (Phi) is 5.62. The lowest BCUT2D eigenvalue weighted by Crippen LogP contribution is -2.40. The molecular formula is C18H19FN2O5S. The van der Waals surface area contributed by atoms with Gasteiger partial charge in [0.2, 0.25) is 0 Å². The Balaban J connectivity index is 1.94. The van der Waals surface area contributed by atoms with Crippen molar-refractivity contribution in [3.63, 3.8) is 0 Å². The summed E-state index contributed by atoms with van der Waals surface area (Å²) < 4.78 is 51.7. The average molecular weight is 394 g/mol. The summed E-state index contributed by atoms with van der Waals surface area (Å²) in [6, 6.07) is 9.39. The second kappa shape index (κ2) is 7.93. The fourth-order valence-electron chi connectivity index (χ4n) is 2.71. The molecule has 0 saturated carbocycles. The number of carbonyl (C=O) groups is 1. The van der Waals surface area contributed by atoms with E-state index in [-0.39, 0.29) is 27.8 Å². The second-order valence-electron chi connectivity index (χ2n) is 5.85. The summed E-state index contributed by atoms with van der Waals surface area (Å²) in [5.74, 6) is -0.784. The third-order valence-electron chi connectivity index (χ3n) is 4.13. The van der Waals surface area contributed by atoms with Crippen molar-refractivity contribution in [2.45, 2.75) is 4.90 Å². The molecule has 0 atom stereocenters. The first-order valence-corrected chi connectivity index (χ1v) is 9.73. The van der Waals surface area contributed by atoms with E-state index in [1.807, 2.05) is 0 Å². The van der Waals surface area contributed by atoms with Crippen molar-refractivity contribution >= 4 is 21.6 Å². The lowest BCUT2D eigenvalue weighted by molar-refractivity contribution is 0.0300. The first-order chi connectivity index (χ1) is 12.9. The number of nitrogens with zero attached hydrogens (tertiary/aromatic N) is 1. The van der Waals surface area contributed by atoms with E-state index in [1.165, 1.54) is 43.5 Å². The van der Waals surface area contributed by atoms with Gasteiger partial charge in [-0.15, -0.1) is 0 Å². The van der Waals surface area contributed by atoms with Crippen LogP contribution >= 0.6 is 0 Å². The minimum absolute atomic E-state index is 0.121. The summed E-state index contributed by atoms with van der Waals surface area (Å²) in [7, 11) is -2.69. The first kappa shape index (κ1) is 19.1. The number of anilines is 1. The van der Waals surface area contributed by atoms with E-state index in [4.69, 9.17) is 9.47 Å². The number of amides is 1. The summed E-state index contributed by atoms with van der Waals surface area (Å²) in [6.45, 7) is 1.65. The number of nitrogens with one attached hydrogen (secondary N) is 1. The van der Waals surface area contributed by atoms with Crippen LogP contribution in [0.25, 0.3) is 0 Å². The van der Waals surface area contributed by atoms with Gasteiger partial charge in [-0.25, -0.2) is 12.8 Å². The number of rotatable bonds is 5. The molecule has 0 radical (unpaired) electrons. The number of para-hydroxylation sites is 1. The zero-order chi connectivity index (χ0) is 19.4. The minimum Gasteiger partial charge on any atom is -0.496 e. The van der Waals surface area contributed by atoms with Gasteiger partial charge in [-0.2, -0.15) is 0 Å². The maximum atomic E-state index is 13.8. The standard InChI is InChI=1S/C18H19FN2O5S/c1-25-17-7-6-13(12-14(17)18(22)21-8-10-26-11-9-21)27(23,24)20-16-5-3-2-4-15(16)19/h2-7,12,20H,8-11H2,1H3. The van der Waals surface area contributed by atoms with Crippen molar-refractivity contribution < 1.29 is 27.1 Å². The topological polar surface area (TPSA) is 84.9 Å². The monoisotopic (exact) mass is 394 g/mol. The Morgan fingerprint density at radius 3 is 2.56 bits per heavy atom. The number of benzene rings is 2. The molecule has 1 fully saturated rings. The number of sulfonamides is 1. The predicted octanol–water partition coefficient (Wildman–Crippen LogP) is 2.11. The fourth-order valence-corrected chi connectivity index (χ4v) is 3.80. The molecule has 144 valence electrons. The highest BCUT2D eigenvalue weighted by Gasteiger charge is 2.25. The van der Waals surface area contributed by atoms with E-state index in [1.54, 1.807) is 4.90 Å². The van der Waals surface area contributed by atoms with Gasteiger partial charge in [0.25, 0.3) is 15.9 Å². The Morgan fingerprint density at radius 2 is 1.89 bits per heavy atom. The van der Waals surface area contributed by atoms with Crippen LogP contribution < -0.4 is 9.46 Å². The lowest BCUT2D eigenvalue weighted by atomic mass is 10.1. The van der Waals surface area contributed by atoms with Gasteiger partial charge in [0.15, 0.2) is 0 Å². The van der Waals surface area contributed by atoms with Gasteiger partial charge >= 0.3 is 0 Å². The Bertz CT molecular complexity index is 943. The third kappa shape index (κ3) is 4.20. The van der Waals surface area contributed by atoms with Crippen molar-refractivity contribution in [1.82, 2.24) is 4.90 Å². The number of morpholine rings is 1. The summed E-state index contributed by atoms with van der Waals surface area (Å²) >= 11 is 0. The summed E-state index contributed by atoms with van der Waals surface area (Å²) in [4.78, 5) is 14.2. The van der Waals surface area contributed by atoms with E-state index in [9.17, 15) is 17.6 Å². The molecule has 1 aliphatic heterocycles. The van der Waals surface area contributed by atoms with Crippen LogP contribution in [0, 0.1) is 5.82 Å². The molecule has 0 aromatic heterocycles. The number of ether oxygens (including phenoxy) is 2. The molecule has 1 heterocycles. The van der Waals surface area contributed by atoms with E-state index in [0.717, 1.165) is 6.07 Å². The van der Waals surface area contributed by atoms with Crippen LogP contribution in [-0.2, 0) is 14.8 Å². The zero-order valence-corrected chi connectivity index (χ0v) is 15.5. The highest BCUT2D eigenvalue weighted by molar-refractivity contribution is 7.92. The predicted molar refractivity (Wildman–Crippen MR) is 96.9 cm³/mol. The second-order valence-corrected chi connectivity index (χ2v) is 7.53. The van der Waals surface area contributed by atoms with Crippen molar-refractivity contribution in [2.75, 3.05) is 38.1 Å². The maximum absolute atomic E-state index is 13.8. The number of hydrogen-bond donors (Lipinski definition) is 1. The zero-order valence-electron chi connectivity index (χ0n) is 14.6. The quantitative estimate of drug-likeness (QED) is 0.840. The number of carbonyl (C=O) groups excluding carboxylic acids is 1. The Morgan fingerprint density at radius 1 is 1.19 bits per heavy atom. The van der Waals surface area contributed by atoms with Crippen LogP contribution in [0.15, 0.2) is 47.4 Å². The molecule has 0 aliphatic carbocycles. The smallest absolute Gasteiger partial charge is 0.262 e. The van der Waals surface area contributed by atoms with Gasteiger partial charge in [-0.3, -0.25) is 9.52 Å². The SMILES string of the molecule is COc1ccc(S(=O)(=O)Nc2ccccc2F)cc1C(=O)N1CCOCC1. The van der Waals surface area contributed by atoms with Gasteiger partial charge in [-0.1, -0.05) is 12.1 Å². The van der Waals surface area contributed by atoms with E-state index in [0.29, 0.717) is 26.3 Å². The average Bonchev–Trinajstić information content (AvgIpc) is 2.69. The summed E-state index contributed by atoms with van der Waals surface area (Å²) in [5, 5.41) is 0. The Hall–Kier alpha value is -2.65. The molecule has 1 N–H and O–H groups in total. The van der Waals surface area contributed by atoms with E-state index >= 15 is 0 Å². The van der Waals surface area contributed by atoms with Gasteiger partial charge in [0, 0.05) is 13.1 Å². The number of hydrogen-bond acceptors (Lipinski definition) is 5. The molecule has 1 amide bonds. The largest absolute Gasteiger partial charge is 0.496 e. The molecular weight excluding hydrogens is 375 g/mol. The summed E-state index contributed by atoms with van der Waals surface area (Å²) in [6.07, 6.45) is 0. The van der Waals surface area contributed by atoms with Crippen LogP contribution in [0.5, 0.6) is 5.75 Å². The van der Waals surface area contributed by atoms with Gasteiger partial charge < -0.3 is 14.4 Å². The number of methoxy groups -OCH3 is 1. The molecule has 7 nitrogen and oxygen atoms in total. The van der Waals surface area contributed by atoms with Crippen LogP contribution in [0.1, 0.15) is 10.4 Å². The summed E-state index contributed by atoms with van der Waals surface area (Å²) in [5.41, 5.74) is -0.0508. The van der Waals surface area contributed by atoms with Gasteiger partial charge in [0.05, 0.1) is 36.5 Å². The number of halogens is 1. The highest BCUT2D eigenvalue weighted by atomic mass is 32.2. The van der Waals surface area contributed by atoms with Crippen molar-refractivity contribution in [3.8, 4) is 5.75 Å². The maximum Gasteiger partial charge on any atom is 0.262 e. The molecule has 9 heteroatoms. The van der Waals surface area contributed by atoms with Crippen LogP contribution in [0.2, 0.25) is 0 Å². The van der Waals surface area contributed by atoms with Crippen molar-refractivity contribution in [3.05, 3.63) is 53.8 Å². The Labute approximate surface area is 156 Å². The van der Waals surface area contributed by atoms with Crippen LogP contribution in [-0.4, -0.2) is 52.6 Å². The van der Waals surface area contributed by atoms with Crippen molar-refractivity contribution in [1.29, 1.82) is 0 Å². The molecule has 0 spiro atoms.